The van der Waals surface area contributed by atoms with Crippen LogP contribution in [0.2, 0.25) is 0 Å². The van der Waals surface area contributed by atoms with Crippen molar-refractivity contribution in [2.24, 2.45) is 14.1 Å². The number of nitrogens with zero attached hydrogens (tertiary/aromatic N) is 4. The number of para-hydroxylation sites is 2. The van der Waals surface area contributed by atoms with Crippen molar-refractivity contribution in [2.75, 3.05) is 10.6 Å². The quantitative estimate of drug-likeness (QED) is 0.134. The standard InChI is InChI=1S/C19H14FN3O2Se.C11H7BrFNOSe.C8H9BN2O3/c1-23-15(11-14(22-23)16-7-4-10-25-16)17-8-9-18(26-17)19(24)21-13-6-3-2-5-12(13)20;12-10-6-5-9(16-10)11(15)14-8-4-2-1-3-7(8)13;1-11-8(9(12)13)5-6(10-11)7-3-2-4-14-7/h2-11H,1H3,(H,21,24);1-6H,(H,14,15);2-5,12-13H,1H3. The molecule has 0 saturated heterocycles. The fourth-order valence-corrected chi connectivity index (χ4v) is 9.38. The van der Waals surface area contributed by atoms with Crippen LogP contribution in [0.4, 0.5) is 20.2 Å². The van der Waals surface area contributed by atoms with Crippen molar-refractivity contribution in [3.05, 3.63) is 146 Å². The van der Waals surface area contributed by atoms with Crippen LogP contribution in [0.3, 0.4) is 0 Å². The molecule has 6 aromatic heterocycles. The van der Waals surface area contributed by atoms with Gasteiger partial charge in [0.1, 0.15) is 5.69 Å². The molecular formula is C38H30BBrF2N6O6Se2. The van der Waals surface area contributed by atoms with Crippen molar-refractivity contribution >= 4 is 80.8 Å². The first-order valence-electron chi connectivity index (χ1n) is 16.5. The number of furan rings is 2. The van der Waals surface area contributed by atoms with E-state index < -0.39 is 18.8 Å². The number of carbonyl (C=O) groups is 2. The number of nitrogens with one attached hydrogen (secondary N) is 2. The number of rotatable bonds is 8. The second-order valence-corrected chi connectivity index (χ2v) is 18.2. The molecular weight excluding hydrogens is 923 g/mol. The third-order valence-corrected chi connectivity index (χ3v) is 13.0. The number of halogens is 3. The van der Waals surface area contributed by atoms with Crippen LogP contribution in [0.15, 0.2) is 134 Å². The molecule has 0 unspecified atom stereocenters. The fraction of sp³-hybridized carbons (Fsp3) is 0.0526. The van der Waals surface area contributed by atoms with E-state index in [1.54, 1.807) is 84.9 Å². The van der Waals surface area contributed by atoms with Gasteiger partial charge in [-0.15, -0.1) is 0 Å². The van der Waals surface area contributed by atoms with E-state index in [0.717, 1.165) is 19.2 Å². The van der Waals surface area contributed by atoms with Gasteiger partial charge in [0, 0.05) is 7.05 Å². The molecule has 0 bridgehead atoms. The van der Waals surface area contributed by atoms with E-state index in [9.17, 15) is 18.4 Å². The van der Waals surface area contributed by atoms with Gasteiger partial charge in [-0.05, 0) is 18.2 Å². The molecule has 0 fully saturated rings. The van der Waals surface area contributed by atoms with Gasteiger partial charge in [-0.25, -0.2) is 0 Å². The molecule has 0 aliphatic carbocycles. The fourth-order valence-electron chi connectivity index (χ4n) is 5.04. The topological polar surface area (TPSA) is 161 Å². The third-order valence-electron chi connectivity index (χ3n) is 7.73. The van der Waals surface area contributed by atoms with E-state index in [2.05, 4.69) is 36.8 Å². The average Bonchev–Trinajstić information content (AvgIpc) is 4.03. The Hall–Kier alpha value is -5.32. The van der Waals surface area contributed by atoms with Gasteiger partial charge in [0.2, 0.25) is 0 Å². The van der Waals surface area contributed by atoms with Crippen molar-refractivity contribution in [2.45, 2.75) is 0 Å². The zero-order valence-corrected chi connectivity index (χ0v) is 34.4. The van der Waals surface area contributed by atoms with Crippen molar-refractivity contribution in [1.82, 2.24) is 19.6 Å². The van der Waals surface area contributed by atoms with Crippen LogP contribution in [0, 0.1) is 11.6 Å². The van der Waals surface area contributed by atoms with Crippen LogP contribution in [-0.2, 0) is 14.1 Å². The molecule has 8 aromatic rings. The van der Waals surface area contributed by atoms with Gasteiger partial charge in [0.25, 0.3) is 0 Å². The Morgan fingerprint density at radius 3 is 1.70 bits per heavy atom. The molecule has 8 rings (SSSR count). The predicted octanol–water partition coefficient (Wildman–Crippen LogP) is 6.05. The molecule has 0 atom stereocenters. The molecule has 12 nitrogen and oxygen atoms in total. The summed E-state index contributed by atoms with van der Waals surface area (Å²) in [5.74, 6) is -0.0923. The summed E-state index contributed by atoms with van der Waals surface area (Å²) in [6.45, 7) is 0. The summed E-state index contributed by atoms with van der Waals surface area (Å²) >= 11 is 3.13. The molecule has 18 heteroatoms. The third kappa shape index (κ3) is 10.1. The minimum atomic E-state index is -1.52. The molecule has 0 aliphatic rings. The Morgan fingerprint density at radius 1 is 0.696 bits per heavy atom. The summed E-state index contributed by atoms with van der Waals surface area (Å²) in [6.07, 6.45) is 3.15. The zero-order valence-electron chi connectivity index (χ0n) is 29.4. The van der Waals surface area contributed by atoms with E-state index in [-0.39, 0.29) is 52.2 Å². The number of hydrogen-bond acceptors (Lipinski definition) is 8. The van der Waals surface area contributed by atoms with Crippen LogP contribution in [0.1, 0.15) is 18.5 Å². The van der Waals surface area contributed by atoms with Crippen LogP contribution < -0.4 is 16.2 Å². The van der Waals surface area contributed by atoms with Gasteiger partial charge in [-0.3, -0.25) is 4.68 Å². The van der Waals surface area contributed by atoms with E-state index in [1.807, 2.05) is 37.4 Å². The molecule has 284 valence electrons. The number of aryl methyl sites for hydroxylation is 2. The van der Waals surface area contributed by atoms with Crippen LogP contribution in [0.5, 0.6) is 0 Å². The van der Waals surface area contributed by atoms with Crippen LogP contribution in [0.25, 0.3) is 33.0 Å². The van der Waals surface area contributed by atoms with Crippen molar-refractivity contribution < 1.29 is 37.3 Å². The maximum absolute atomic E-state index is 13.7. The van der Waals surface area contributed by atoms with Gasteiger partial charge in [-0.1, -0.05) is 0 Å². The molecule has 2 amide bonds. The number of amides is 2. The number of benzene rings is 2. The first-order valence-corrected chi connectivity index (χ1v) is 20.7. The number of hydrogen-bond donors (Lipinski definition) is 4. The van der Waals surface area contributed by atoms with E-state index >= 15 is 0 Å². The Bertz CT molecular complexity index is 2550. The molecule has 0 saturated carbocycles. The molecule has 0 radical (unpaired) electrons. The number of carbonyl (C=O) groups excluding carboxylic acids is 2. The predicted molar refractivity (Wildman–Crippen MR) is 214 cm³/mol. The van der Waals surface area contributed by atoms with E-state index in [1.165, 1.54) is 22.9 Å². The van der Waals surface area contributed by atoms with E-state index in [0.29, 0.717) is 31.7 Å². The van der Waals surface area contributed by atoms with Gasteiger partial charge in [0.15, 0.2) is 5.76 Å². The Kier molecular flexibility index (Phi) is 13.4. The summed E-state index contributed by atoms with van der Waals surface area (Å²) < 4.78 is 44.0. The molecule has 0 aliphatic heterocycles. The normalized spacial score (nSPS) is 10.6. The first kappa shape index (κ1) is 40.3. The molecule has 6 heterocycles. The second-order valence-electron chi connectivity index (χ2n) is 11.6. The summed E-state index contributed by atoms with van der Waals surface area (Å²) in [4.78, 5) is 24.1. The average molecular weight is 953 g/mol. The van der Waals surface area contributed by atoms with Gasteiger partial charge >= 0.3 is 268 Å². The number of anilines is 2. The number of aromatic nitrogens is 4. The van der Waals surface area contributed by atoms with Gasteiger partial charge in [0.05, 0.1) is 11.9 Å². The van der Waals surface area contributed by atoms with E-state index in [4.69, 9.17) is 18.9 Å². The Balaban J connectivity index is 0.000000152. The first-order chi connectivity index (χ1) is 27.0. The summed E-state index contributed by atoms with van der Waals surface area (Å²) in [5.41, 5.74) is 2.99. The van der Waals surface area contributed by atoms with Crippen molar-refractivity contribution in [1.29, 1.82) is 0 Å². The molecule has 4 N–H and O–H groups in total. The van der Waals surface area contributed by atoms with Gasteiger partial charge in [-0.2, -0.15) is 5.10 Å². The second kappa shape index (κ2) is 18.5. The van der Waals surface area contributed by atoms with Crippen LogP contribution >= 0.6 is 15.9 Å². The molecule has 2 aromatic carbocycles. The Morgan fingerprint density at radius 2 is 1.21 bits per heavy atom. The summed E-state index contributed by atoms with van der Waals surface area (Å²) in [7, 11) is 1.98. The summed E-state index contributed by atoms with van der Waals surface area (Å²) in [5, 5.41) is 31.7. The summed E-state index contributed by atoms with van der Waals surface area (Å²) in [6, 6.07) is 30.2. The zero-order chi connectivity index (χ0) is 39.8. The van der Waals surface area contributed by atoms with Crippen molar-refractivity contribution in [3.8, 4) is 33.0 Å². The van der Waals surface area contributed by atoms with Gasteiger partial charge < -0.3 is 14.5 Å². The maximum atomic E-state index is 13.7. The molecule has 56 heavy (non-hydrogen) atoms. The minimum absolute atomic E-state index is 0.00462. The van der Waals surface area contributed by atoms with Crippen molar-refractivity contribution in [3.63, 3.8) is 0 Å². The van der Waals surface area contributed by atoms with Crippen LogP contribution in [-0.4, -0.2) is 77.5 Å². The monoisotopic (exact) mass is 954 g/mol. The SMILES string of the molecule is Cn1nc(-c2ccco2)cc1-c1ccc(C(=O)Nc2ccccc2F)[se]1.Cn1nc(-c2ccco2)cc1B(O)O.O=C(Nc1ccccc1F)c1ccc(Br)[se]1. The molecule has 0 spiro atoms. The Labute approximate surface area is 339 Å².